The largest absolute Gasteiger partial charge is 0.495 e. The Bertz CT molecular complexity index is 883. The number of quaternary nitrogens is 1. The van der Waals surface area contributed by atoms with Gasteiger partial charge in [-0.3, -0.25) is 0 Å². The van der Waals surface area contributed by atoms with Crippen LogP contribution < -0.4 is 19.3 Å². The quantitative estimate of drug-likeness (QED) is 0.729. The van der Waals surface area contributed by atoms with Gasteiger partial charge in [0.15, 0.2) is 0 Å². The van der Waals surface area contributed by atoms with Crippen molar-refractivity contribution in [3.8, 4) is 11.5 Å². The van der Waals surface area contributed by atoms with E-state index in [1.807, 2.05) is 12.1 Å². The molecule has 1 saturated heterocycles. The van der Waals surface area contributed by atoms with Gasteiger partial charge in [0.25, 0.3) is 0 Å². The standard InChI is InChI=1S/C23H26N2O2/c1-26-23-11-5-4-10-21(23)25-15-13-24(14-16-25)17-18-27-22-12-6-8-19-7-2-3-9-20(19)22/h2-12H,13-18H2,1H3/p+1. The summed E-state index contributed by atoms with van der Waals surface area (Å²) in [5.41, 5.74) is 1.20. The zero-order valence-corrected chi connectivity index (χ0v) is 15.9. The van der Waals surface area contributed by atoms with E-state index in [4.69, 9.17) is 9.47 Å². The zero-order chi connectivity index (χ0) is 18.5. The highest BCUT2D eigenvalue weighted by atomic mass is 16.5. The number of hydrogen-bond acceptors (Lipinski definition) is 3. The first-order chi connectivity index (χ1) is 13.3. The number of nitrogens with zero attached hydrogens (tertiary/aromatic N) is 1. The second kappa shape index (κ2) is 8.31. The molecule has 0 unspecified atom stereocenters. The van der Waals surface area contributed by atoms with Gasteiger partial charge in [0.1, 0.15) is 24.7 Å². The number of benzene rings is 3. The minimum absolute atomic E-state index is 0.748. The first-order valence-electron chi connectivity index (χ1n) is 9.67. The Morgan fingerprint density at radius 1 is 0.852 bits per heavy atom. The van der Waals surface area contributed by atoms with E-state index in [2.05, 4.69) is 59.5 Å². The van der Waals surface area contributed by atoms with Gasteiger partial charge in [0.2, 0.25) is 0 Å². The summed E-state index contributed by atoms with van der Waals surface area (Å²) in [5.74, 6) is 1.94. The van der Waals surface area contributed by atoms with Gasteiger partial charge in [-0.25, -0.2) is 0 Å². The van der Waals surface area contributed by atoms with Gasteiger partial charge in [0, 0.05) is 5.39 Å². The highest BCUT2D eigenvalue weighted by Gasteiger charge is 2.21. The highest BCUT2D eigenvalue weighted by Crippen LogP contribution is 2.27. The van der Waals surface area contributed by atoms with E-state index in [0.29, 0.717) is 0 Å². The minimum Gasteiger partial charge on any atom is -0.495 e. The summed E-state index contributed by atoms with van der Waals surface area (Å²) in [7, 11) is 1.74. The Labute approximate surface area is 160 Å². The third kappa shape index (κ3) is 4.01. The average molecular weight is 363 g/mol. The molecule has 0 bridgehead atoms. The maximum Gasteiger partial charge on any atom is 0.142 e. The van der Waals surface area contributed by atoms with Crippen LogP contribution in [0.15, 0.2) is 66.7 Å². The molecule has 3 aromatic rings. The normalized spacial score (nSPS) is 15.1. The number of para-hydroxylation sites is 2. The van der Waals surface area contributed by atoms with Crippen molar-refractivity contribution in [3.05, 3.63) is 66.7 Å². The molecule has 0 aromatic heterocycles. The predicted molar refractivity (Wildman–Crippen MR) is 110 cm³/mol. The van der Waals surface area contributed by atoms with E-state index in [0.717, 1.165) is 50.8 Å². The van der Waals surface area contributed by atoms with Crippen LogP contribution in [0, 0.1) is 0 Å². The van der Waals surface area contributed by atoms with Gasteiger partial charge in [0.05, 0.1) is 39.0 Å². The molecular weight excluding hydrogens is 336 g/mol. The van der Waals surface area contributed by atoms with Crippen molar-refractivity contribution in [2.45, 2.75) is 0 Å². The molecule has 4 nitrogen and oxygen atoms in total. The molecular formula is C23H27N2O2+. The Balaban J connectivity index is 1.30. The fourth-order valence-corrected chi connectivity index (χ4v) is 3.83. The van der Waals surface area contributed by atoms with Gasteiger partial charge < -0.3 is 19.3 Å². The molecule has 3 aromatic carbocycles. The lowest BCUT2D eigenvalue weighted by molar-refractivity contribution is -0.900. The molecule has 140 valence electrons. The van der Waals surface area contributed by atoms with E-state index in [9.17, 15) is 0 Å². The molecule has 0 aliphatic carbocycles. The molecule has 0 spiro atoms. The summed E-state index contributed by atoms with van der Waals surface area (Å²) in [5, 5.41) is 2.42. The van der Waals surface area contributed by atoms with E-state index >= 15 is 0 Å². The summed E-state index contributed by atoms with van der Waals surface area (Å²) in [4.78, 5) is 4.02. The van der Waals surface area contributed by atoms with Gasteiger partial charge >= 0.3 is 0 Å². The number of piperazine rings is 1. The van der Waals surface area contributed by atoms with Crippen molar-refractivity contribution in [2.24, 2.45) is 0 Å². The molecule has 1 fully saturated rings. The fourth-order valence-electron chi connectivity index (χ4n) is 3.83. The van der Waals surface area contributed by atoms with Crippen LogP contribution in [0.25, 0.3) is 10.8 Å². The van der Waals surface area contributed by atoms with Crippen LogP contribution >= 0.6 is 0 Å². The van der Waals surface area contributed by atoms with Crippen LogP contribution in [-0.2, 0) is 0 Å². The molecule has 0 amide bonds. The Morgan fingerprint density at radius 2 is 1.56 bits per heavy atom. The topological polar surface area (TPSA) is 26.1 Å². The van der Waals surface area contributed by atoms with Crippen molar-refractivity contribution in [3.63, 3.8) is 0 Å². The molecule has 0 atom stereocenters. The zero-order valence-electron chi connectivity index (χ0n) is 15.9. The predicted octanol–water partition coefficient (Wildman–Crippen LogP) is 2.63. The number of hydrogen-bond donors (Lipinski definition) is 1. The average Bonchev–Trinajstić information content (AvgIpc) is 2.74. The second-order valence-corrected chi connectivity index (χ2v) is 6.98. The lowest BCUT2D eigenvalue weighted by Crippen LogP contribution is -3.15. The van der Waals surface area contributed by atoms with Gasteiger partial charge in [-0.1, -0.05) is 48.5 Å². The summed E-state index contributed by atoms with van der Waals surface area (Å²) in [6, 6.07) is 22.9. The molecule has 1 aliphatic rings. The molecule has 1 aliphatic heterocycles. The lowest BCUT2D eigenvalue weighted by atomic mass is 10.1. The second-order valence-electron chi connectivity index (χ2n) is 6.98. The van der Waals surface area contributed by atoms with Crippen molar-refractivity contribution in [2.75, 3.05) is 51.3 Å². The van der Waals surface area contributed by atoms with E-state index in [-0.39, 0.29) is 0 Å². The van der Waals surface area contributed by atoms with Crippen molar-refractivity contribution in [1.29, 1.82) is 0 Å². The Morgan fingerprint density at radius 3 is 2.41 bits per heavy atom. The molecule has 4 heteroatoms. The lowest BCUT2D eigenvalue weighted by Gasteiger charge is -2.34. The summed E-state index contributed by atoms with van der Waals surface area (Å²) in [6.07, 6.45) is 0. The van der Waals surface area contributed by atoms with Crippen molar-refractivity contribution in [1.82, 2.24) is 0 Å². The number of methoxy groups -OCH3 is 1. The van der Waals surface area contributed by atoms with Crippen molar-refractivity contribution < 1.29 is 14.4 Å². The number of anilines is 1. The number of rotatable bonds is 6. The highest BCUT2D eigenvalue weighted by molar-refractivity contribution is 5.88. The number of nitrogens with one attached hydrogen (secondary N) is 1. The van der Waals surface area contributed by atoms with E-state index in [1.165, 1.54) is 16.5 Å². The minimum atomic E-state index is 0.748. The van der Waals surface area contributed by atoms with E-state index < -0.39 is 0 Å². The summed E-state index contributed by atoms with van der Waals surface area (Å²) < 4.78 is 11.6. The number of ether oxygens (including phenoxy) is 2. The summed E-state index contributed by atoms with van der Waals surface area (Å²) >= 11 is 0. The van der Waals surface area contributed by atoms with Crippen LogP contribution in [0.1, 0.15) is 0 Å². The first kappa shape index (κ1) is 17.7. The maximum absolute atomic E-state index is 6.12. The van der Waals surface area contributed by atoms with Crippen LogP contribution in [0.3, 0.4) is 0 Å². The molecule has 0 radical (unpaired) electrons. The summed E-state index contributed by atoms with van der Waals surface area (Å²) in [6.45, 7) is 6.11. The van der Waals surface area contributed by atoms with Crippen LogP contribution in [0.5, 0.6) is 11.5 Å². The fraction of sp³-hybridized carbons (Fsp3) is 0.304. The smallest absolute Gasteiger partial charge is 0.142 e. The Kier molecular flexibility index (Phi) is 5.45. The van der Waals surface area contributed by atoms with Gasteiger partial charge in [-0.05, 0) is 23.6 Å². The molecule has 4 rings (SSSR count). The monoisotopic (exact) mass is 363 g/mol. The molecule has 1 N–H and O–H groups in total. The van der Waals surface area contributed by atoms with Crippen LogP contribution in [-0.4, -0.2) is 46.4 Å². The third-order valence-electron chi connectivity index (χ3n) is 5.36. The number of fused-ring (bicyclic) bond motifs is 1. The Hall–Kier alpha value is -2.72. The van der Waals surface area contributed by atoms with E-state index in [1.54, 1.807) is 12.0 Å². The molecule has 27 heavy (non-hydrogen) atoms. The van der Waals surface area contributed by atoms with Crippen LogP contribution in [0.4, 0.5) is 5.69 Å². The van der Waals surface area contributed by atoms with Gasteiger partial charge in [-0.2, -0.15) is 0 Å². The van der Waals surface area contributed by atoms with Gasteiger partial charge in [-0.15, -0.1) is 0 Å². The first-order valence-corrected chi connectivity index (χ1v) is 9.67. The third-order valence-corrected chi connectivity index (χ3v) is 5.36. The maximum atomic E-state index is 6.12. The molecule has 0 saturated carbocycles. The van der Waals surface area contributed by atoms with Crippen LogP contribution in [0.2, 0.25) is 0 Å². The SMILES string of the molecule is COc1ccccc1N1CC[NH+](CCOc2cccc3ccccc23)CC1. The molecule has 1 heterocycles. The van der Waals surface area contributed by atoms with Crippen molar-refractivity contribution >= 4 is 16.5 Å².